The van der Waals surface area contributed by atoms with E-state index in [1.165, 1.54) is 0 Å². The molecule has 3 aromatic rings. The summed E-state index contributed by atoms with van der Waals surface area (Å²) in [7, 11) is 3.11. The lowest BCUT2D eigenvalue weighted by Crippen LogP contribution is -2.65. The van der Waals surface area contributed by atoms with Gasteiger partial charge in [0.25, 0.3) is 5.91 Å². The van der Waals surface area contributed by atoms with Crippen molar-refractivity contribution in [1.82, 2.24) is 5.32 Å². The number of aliphatic hydroxyl groups is 1. The van der Waals surface area contributed by atoms with E-state index < -0.39 is 11.6 Å². The Kier molecular flexibility index (Phi) is 8.61. The molecule has 3 aliphatic heterocycles. The van der Waals surface area contributed by atoms with E-state index in [4.69, 9.17) is 14.2 Å². The summed E-state index contributed by atoms with van der Waals surface area (Å²) < 4.78 is 17.6. The number of quaternary nitrogens is 1. The van der Waals surface area contributed by atoms with Gasteiger partial charge in [-0.1, -0.05) is 60.7 Å². The molecule has 3 heterocycles. The Morgan fingerprint density at radius 2 is 1.51 bits per heavy atom. The fraction of sp³-hybridized carbons (Fsp3) is 0.394. The number of amides is 1. The predicted octanol–water partition coefficient (Wildman–Crippen LogP) is 3.91. The van der Waals surface area contributed by atoms with Crippen LogP contribution < -0.4 is 14.8 Å². The van der Waals surface area contributed by atoms with E-state index in [1.54, 1.807) is 56.7 Å². The first kappa shape index (κ1) is 28.6. The molecule has 0 saturated carbocycles. The van der Waals surface area contributed by atoms with E-state index in [1.807, 2.05) is 36.4 Å². The van der Waals surface area contributed by atoms with E-state index in [0.29, 0.717) is 40.7 Å². The molecule has 216 valence electrons. The predicted molar refractivity (Wildman–Crippen MR) is 155 cm³/mol. The number of ether oxygens (including phenoxy) is 3. The molecule has 0 unspecified atom stereocenters. The van der Waals surface area contributed by atoms with Crippen molar-refractivity contribution >= 4 is 11.9 Å². The highest BCUT2D eigenvalue weighted by atomic mass is 16.6. The summed E-state index contributed by atoms with van der Waals surface area (Å²) in [5.74, 6) is 0.598. The number of carbonyl (C=O) groups is 2. The third kappa shape index (κ3) is 5.94. The van der Waals surface area contributed by atoms with Crippen molar-refractivity contribution in [3.05, 3.63) is 95.6 Å². The lowest BCUT2D eigenvalue weighted by Gasteiger charge is -2.52. The fourth-order valence-corrected chi connectivity index (χ4v) is 6.35. The molecule has 8 heteroatoms. The molecule has 0 aliphatic carbocycles. The topological polar surface area (TPSA) is 94.1 Å². The van der Waals surface area contributed by atoms with Crippen LogP contribution in [0.3, 0.4) is 0 Å². The van der Waals surface area contributed by atoms with Crippen LogP contribution in [0.1, 0.15) is 40.7 Å². The normalized spacial score (nSPS) is 21.6. The molecule has 41 heavy (non-hydrogen) atoms. The first-order valence-electron chi connectivity index (χ1n) is 14.3. The summed E-state index contributed by atoms with van der Waals surface area (Å²) in [6.45, 7) is 4.21. The Morgan fingerprint density at radius 3 is 2.10 bits per heavy atom. The van der Waals surface area contributed by atoms with Crippen LogP contribution in [0.2, 0.25) is 0 Å². The minimum atomic E-state index is -1.88. The number of hydrogen-bond donors (Lipinski definition) is 2. The standard InChI is InChI=1S/C33H38N2O6/c1-39-28-15-14-25(22-29(28)40-2)31(36)34-18-9-19-35-20-16-24(17-21-35)30(23-35)41-32(37)33(38,26-10-5-3-6-11-26)27-12-7-4-8-13-27/h3-8,10-15,22,24,30,38H,9,16-21,23H2,1-2H3/p+1/t24?,30-,35?/m0/s1. The van der Waals surface area contributed by atoms with Crippen LogP contribution in [0.15, 0.2) is 78.9 Å². The number of benzene rings is 3. The lowest BCUT2D eigenvalue weighted by atomic mass is 9.82. The van der Waals surface area contributed by atoms with Crippen LogP contribution in [0, 0.1) is 5.92 Å². The minimum Gasteiger partial charge on any atom is -0.493 e. The molecule has 3 aliphatic rings. The monoisotopic (exact) mass is 559 g/mol. The molecule has 3 saturated heterocycles. The molecule has 2 N–H and O–H groups in total. The lowest BCUT2D eigenvalue weighted by molar-refractivity contribution is -0.946. The molecule has 1 amide bonds. The second kappa shape index (κ2) is 12.3. The van der Waals surface area contributed by atoms with Gasteiger partial charge in [-0.2, -0.15) is 0 Å². The van der Waals surface area contributed by atoms with Crippen molar-refractivity contribution < 1.29 is 33.4 Å². The number of esters is 1. The molecule has 3 fully saturated rings. The van der Waals surface area contributed by atoms with Crippen molar-refractivity contribution in [1.29, 1.82) is 0 Å². The van der Waals surface area contributed by atoms with Gasteiger partial charge >= 0.3 is 5.97 Å². The van der Waals surface area contributed by atoms with Gasteiger partial charge in [-0.05, 0) is 29.3 Å². The molecular formula is C33H39N2O6+. The molecule has 1 atom stereocenters. The fourth-order valence-electron chi connectivity index (χ4n) is 6.35. The highest BCUT2D eigenvalue weighted by molar-refractivity contribution is 5.94. The van der Waals surface area contributed by atoms with E-state index >= 15 is 0 Å². The zero-order valence-electron chi connectivity index (χ0n) is 23.8. The number of methoxy groups -OCH3 is 2. The van der Waals surface area contributed by atoms with E-state index in [9.17, 15) is 14.7 Å². The Balaban J connectivity index is 1.21. The Hall–Kier alpha value is -3.88. The molecule has 6 rings (SSSR count). The summed E-state index contributed by atoms with van der Waals surface area (Å²) >= 11 is 0. The zero-order chi connectivity index (χ0) is 28.9. The summed E-state index contributed by atoms with van der Waals surface area (Å²) in [5, 5.41) is 14.9. The Morgan fingerprint density at radius 1 is 0.902 bits per heavy atom. The summed E-state index contributed by atoms with van der Waals surface area (Å²) in [5.41, 5.74) is -0.378. The Labute approximate surface area is 241 Å². The van der Waals surface area contributed by atoms with Gasteiger partial charge in [0.15, 0.2) is 17.6 Å². The smallest absolute Gasteiger partial charge is 0.348 e. The first-order chi connectivity index (χ1) is 19.9. The van der Waals surface area contributed by atoms with E-state index in [2.05, 4.69) is 5.32 Å². The SMILES string of the molecule is COc1ccc(C(=O)NCCC[N+]23CCC(CC2)[C@@H](OC(=O)C(O)(c2ccccc2)c2ccccc2)C3)cc1OC. The third-order valence-corrected chi connectivity index (χ3v) is 8.72. The maximum Gasteiger partial charge on any atom is 0.348 e. The zero-order valence-corrected chi connectivity index (χ0v) is 23.8. The highest BCUT2D eigenvalue weighted by Gasteiger charge is 2.50. The first-order valence-corrected chi connectivity index (χ1v) is 14.3. The van der Waals surface area contributed by atoms with Gasteiger partial charge < -0.3 is 29.1 Å². The molecular weight excluding hydrogens is 520 g/mol. The Bertz CT molecular complexity index is 1300. The molecule has 0 aromatic heterocycles. The van der Waals surface area contributed by atoms with E-state index in [0.717, 1.165) is 49.9 Å². The van der Waals surface area contributed by atoms with Gasteiger partial charge in [-0.25, -0.2) is 4.79 Å². The van der Waals surface area contributed by atoms with Crippen molar-refractivity contribution in [3.63, 3.8) is 0 Å². The number of rotatable bonds is 11. The molecule has 0 radical (unpaired) electrons. The van der Waals surface area contributed by atoms with Gasteiger partial charge in [0.1, 0.15) is 6.54 Å². The molecule has 8 nitrogen and oxygen atoms in total. The van der Waals surface area contributed by atoms with Crippen LogP contribution in [0.5, 0.6) is 11.5 Å². The second-order valence-electron chi connectivity index (χ2n) is 11.1. The maximum absolute atomic E-state index is 13.7. The third-order valence-electron chi connectivity index (χ3n) is 8.72. The van der Waals surface area contributed by atoms with Crippen LogP contribution >= 0.6 is 0 Å². The number of piperidine rings is 3. The second-order valence-corrected chi connectivity index (χ2v) is 11.1. The molecule has 2 bridgehead atoms. The molecule has 3 aromatic carbocycles. The minimum absolute atomic E-state index is 0.156. The van der Waals surface area contributed by atoms with Crippen LogP contribution in [-0.2, 0) is 15.1 Å². The number of fused-ring (bicyclic) bond motifs is 3. The highest BCUT2D eigenvalue weighted by Crippen LogP contribution is 2.38. The quantitative estimate of drug-likeness (QED) is 0.210. The largest absolute Gasteiger partial charge is 0.493 e. The van der Waals surface area contributed by atoms with Gasteiger partial charge in [0, 0.05) is 37.3 Å². The van der Waals surface area contributed by atoms with Gasteiger partial charge in [0.05, 0.1) is 33.9 Å². The number of nitrogens with zero attached hydrogens (tertiary/aromatic N) is 1. The molecule has 0 spiro atoms. The van der Waals surface area contributed by atoms with E-state index in [-0.39, 0.29) is 12.0 Å². The average molecular weight is 560 g/mol. The van der Waals surface area contributed by atoms with Crippen LogP contribution in [-0.4, -0.2) is 74.5 Å². The van der Waals surface area contributed by atoms with Crippen molar-refractivity contribution in [2.24, 2.45) is 5.92 Å². The number of nitrogens with one attached hydrogen (secondary N) is 1. The van der Waals surface area contributed by atoms with Crippen molar-refractivity contribution in [2.75, 3.05) is 46.9 Å². The van der Waals surface area contributed by atoms with Crippen molar-refractivity contribution in [2.45, 2.75) is 31.0 Å². The summed E-state index contributed by atoms with van der Waals surface area (Å²) in [4.78, 5) is 26.5. The van der Waals surface area contributed by atoms with Gasteiger partial charge in [-0.3, -0.25) is 4.79 Å². The average Bonchev–Trinajstić information content (AvgIpc) is 3.03. The summed E-state index contributed by atoms with van der Waals surface area (Å²) in [6, 6.07) is 23.1. The van der Waals surface area contributed by atoms with Gasteiger partial charge in [0.2, 0.25) is 5.60 Å². The van der Waals surface area contributed by atoms with Gasteiger partial charge in [-0.15, -0.1) is 0 Å². The number of carbonyl (C=O) groups excluding carboxylic acids is 2. The van der Waals surface area contributed by atoms with Crippen LogP contribution in [0.25, 0.3) is 0 Å². The van der Waals surface area contributed by atoms with Crippen molar-refractivity contribution in [3.8, 4) is 11.5 Å². The number of hydrogen-bond acceptors (Lipinski definition) is 6. The van der Waals surface area contributed by atoms with Crippen LogP contribution in [0.4, 0.5) is 0 Å². The summed E-state index contributed by atoms with van der Waals surface area (Å²) in [6.07, 6.45) is 2.50. The maximum atomic E-state index is 13.7.